The monoisotopic (exact) mass is 432 g/mol. The third-order valence-corrected chi connectivity index (χ3v) is 6.37. The quantitative estimate of drug-likeness (QED) is 0.259. The molecule has 1 aliphatic rings. The fraction of sp³-hybridized carbons (Fsp3) is 0.107. The molecule has 33 heavy (non-hydrogen) atoms. The van der Waals surface area contributed by atoms with Crippen molar-refractivity contribution >= 4 is 39.6 Å². The Bertz CT molecular complexity index is 1580. The first-order valence-electron chi connectivity index (χ1n) is 10.9. The smallest absolute Gasteiger partial charge is 0.245 e. The Morgan fingerprint density at radius 2 is 1.55 bits per heavy atom. The van der Waals surface area contributed by atoms with E-state index in [2.05, 4.69) is 36.2 Å². The number of carbonyl (C=O) groups is 2. The molecule has 0 radical (unpaired) electrons. The summed E-state index contributed by atoms with van der Waals surface area (Å²) in [5.74, 6) is 0.694. The van der Waals surface area contributed by atoms with Gasteiger partial charge in [0.1, 0.15) is 17.1 Å². The highest BCUT2D eigenvalue weighted by atomic mass is 16.3. The topological polar surface area (TPSA) is 65.1 Å². The molecule has 6 rings (SSSR count). The maximum absolute atomic E-state index is 13.0. The number of rotatable bonds is 3. The Kier molecular flexibility index (Phi) is 4.20. The molecule has 2 aromatic heterocycles. The molecule has 0 atom stereocenters. The Labute approximate surface area is 190 Å². The van der Waals surface area contributed by atoms with Gasteiger partial charge in [0.05, 0.1) is 5.57 Å². The Balaban J connectivity index is 1.38. The van der Waals surface area contributed by atoms with Gasteiger partial charge in [0.15, 0.2) is 11.6 Å². The summed E-state index contributed by atoms with van der Waals surface area (Å²) in [5, 5.41) is 1.87. The standard InChI is InChI=1S/C28H20N2O3/c1-3-16-8-10-17(11-9-16)27-29-28-24(30(27)2)15-20(33-28)14-23-25(31)21-12-18-6-4-5-7-19(18)13-22(21)26(23)32/h4-15H,3H2,1-2H3. The molecule has 5 nitrogen and oxygen atoms in total. The number of hydrogen-bond donors (Lipinski definition) is 0. The third kappa shape index (κ3) is 2.97. The summed E-state index contributed by atoms with van der Waals surface area (Å²) in [6, 6.07) is 21.4. The molecule has 3 aromatic carbocycles. The molecular weight excluding hydrogens is 412 g/mol. The van der Waals surface area contributed by atoms with Crippen LogP contribution < -0.4 is 0 Å². The average molecular weight is 432 g/mol. The lowest BCUT2D eigenvalue weighted by molar-refractivity contribution is 0.0990. The predicted molar refractivity (Wildman–Crippen MR) is 128 cm³/mol. The van der Waals surface area contributed by atoms with Gasteiger partial charge in [-0.25, -0.2) is 0 Å². The summed E-state index contributed by atoms with van der Waals surface area (Å²) in [4.78, 5) is 30.7. The van der Waals surface area contributed by atoms with Gasteiger partial charge in [0.25, 0.3) is 0 Å². The number of carbonyl (C=O) groups excluding carboxylic acids is 2. The first kappa shape index (κ1) is 19.4. The SMILES string of the molecule is CCc1ccc(-c2nc3oc(C=C4C(=O)c5cc6ccccc6cc5C4=O)cc3n2C)cc1. The molecule has 0 bridgehead atoms. The number of imidazole rings is 1. The van der Waals surface area contributed by atoms with Crippen molar-refractivity contribution < 1.29 is 14.0 Å². The van der Waals surface area contributed by atoms with Crippen LogP contribution in [-0.2, 0) is 13.5 Å². The van der Waals surface area contributed by atoms with Gasteiger partial charge in [-0.1, -0.05) is 55.5 Å². The number of fused-ring (bicyclic) bond motifs is 3. The van der Waals surface area contributed by atoms with Crippen molar-refractivity contribution in [1.82, 2.24) is 9.55 Å². The largest absolute Gasteiger partial charge is 0.437 e. The Morgan fingerprint density at radius 3 is 2.12 bits per heavy atom. The van der Waals surface area contributed by atoms with E-state index in [4.69, 9.17) is 4.42 Å². The van der Waals surface area contributed by atoms with E-state index in [9.17, 15) is 9.59 Å². The number of furan rings is 1. The van der Waals surface area contributed by atoms with Crippen LogP contribution in [0.15, 0.2) is 76.7 Å². The first-order valence-corrected chi connectivity index (χ1v) is 10.9. The highest BCUT2D eigenvalue weighted by Gasteiger charge is 2.33. The van der Waals surface area contributed by atoms with Gasteiger partial charge in [0.2, 0.25) is 5.71 Å². The second-order valence-corrected chi connectivity index (χ2v) is 8.35. The van der Waals surface area contributed by atoms with Crippen LogP contribution in [0.2, 0.25) is 0 Å². The van der Waals surface area contributed by atoms with Crippen molar-refractivity contribution in [2.45, 2.75) is 13.3 Å². The molecular formula is C28H20N2O3. The van der Waals surface area contributed by atoms with Crippen molar-refractivity contribution in [3.05, 3.63) is 94.8 Å². The lowest BCUT2D eigenvalue weighted by Gasteiger charge is -2.03. The molecule has 5 aromatic rings. The summed E-state index contributed by atoms with van der Waals surface area (Å²) < 4.78 is 7.88. The van der Waals surface area contributed by atoms with E-state index in [1.807, 2.05) is 41.9 Å². The zero-order valence-electron chi connectivity index (χ0n) is 18.3. The van der Waals surface area contributed by atoms with E-state index in [0.29, 0.717) is 22.6 Å². The molecule has 0 unspecified atom stereocenters. The molecule has 5 heteroatoms. The Morgan fingerprint density at radius 1 is 0.909 bits per heavy atom. The molecule has 0 amide bonds. The maximum Gasteiger partial charge on any atom is 0.245 e. The number of allylic oxidation sites excluding steroid dienone is 1. The Hall–Kier alpha value is -4.25. The molecule has 2 heterocycles. The molecule has 0 fully saturated rings. The second-order valence-electron chi connectivity index (χ2n) is 8.35. The number of aryl methyl sites for hydroxylation is 2. The number of aromatic nitrogens is 2. The minimum Gasteiger partial charge on any atom is -0.437 e. The van der Waals surface area contributed by atoms with Crippen molar-refractivity contribution in [1.29, 1.82) is 0 Å². The molecule has 160 valence electrons. The van der Waals surface area contributed by atoms with E-state index in [0.717, 1.165) is 34.1 Å². The molecule has 0 spiro atoms. The van der Waals surface area contributed by atoms with E-state index in [1.54, 1.807) is 12.1 Å². The minimum atomic E-state index is -0.272. The van der Waals surface area contributed by atoms with Gasteiger partial charge >= 0.3 is 0 Å². The van der Waals surface area contributed by atoms with Crippen molar-refractivity contribution in [3.8, 4) is 11.4 Å². The number of nitrogens with zero attached hydrogens (tertiary/aromatic N) is 2. The lowest BCUT2D eigenvalue weighted by atomic mass is 10.0. The van der Waals surface area contributed by atoms with Crippen LogP contribution in [0.1, 0.15) is 39.0 Å². The predicted octanol–water partition coefficient (Wildman–Crippen LogP) is 6.01. The summed E-state index contributed by atoms with van der Waals surface area (Å²) >= 11 is 0. The zero-order valence-corrected chi connectivity index (χ0v) is 18.3. The van der Waals surface area contributed by atoms with Gasteiger partial charge in [0, 0.05) is 29.8 Å². The normalized spacial score (nSPS) is 13.3. The molecule has 0 N–H and O–H groups in total. The number of ketones is 2. The third-order valence-electron chi connectivity index (χ3n) is 6.37. The second kappa shape index (κ2) is 7.14. The van der Waals surface area contributed by atoms with Gasteiger partial charge in [-0.2, -0.15) is 4.98 Å². The van der Waals surface area contributed by atoms with Crippen LogP contribution in [0, 0.1) is 0 Å². The fourth-order valence-electron chi connectivity index (χ4n) is 4.50. The van der Waals surface area contributed by atoms with Gasteiger partial charge in [-0.15, -0.1) is 0 Å². The number of hydrogen-bond acceptors (Lipinski definition) is 4. The summed E-state index contributed by atoms with van der Waals surface area (Å²) in [5.41, 5.74) is 4.55. The highest BCUT2D eigenvalue weighted by Crippen LogP contribution is 2.33. The molecule has 0 saturated carbocycles. The minimum absolute atomic E-state index is 0.120. The van der Waals surface area contributed by atoms with Crippen LogP contribution in [0.4, 0.5) is 0 Å². The zero-order chi connectivity index (χ0) is 22.7. The number of benzene rings is 3. The van der Waals surface area contributed by atoms with Gasteiger partial charge < -0.3 is 8.98 Å². The highest BCUT2D eigenvalue weighted by molar-refractivity contribution is 6.42. The van der Waals surface area contributed by atoms with E-state index < -0.39 is 0 Å². The van der Waals surface area contributed by atoms with Gasteiger partial charge in [-0.05, 0) is 41.0 Å². The molecule has 1 aliphatic carbocycles. The summed E-state index contributed by atoms with van der Waals surface area (Å²) in [7, 11) is 1.93. The van der Waals surface area contributed by atoms with Crippen molar-refractivity contribution in [3.63, 3.8) is 0 Å². The van der Waals surface area contributed by atoms with Crippen LogP contribution in [0.3, 0.4) is 0 Å². The lowest BCUT2D eigenvalue weighted by Crippen LogP contribution is -1.99. The fourth-order valence-corrected chi connectivity index (χ4v) is 4.50. The molecule has 0 saturated heterocycles. The van der Waals surface area contributed by atoms with Crippen LogP contribution in [0.5, 0.6) is 0 Å². The van der Waals surface area contributed by atoms with Crippen LogP contribution in [0.25, 0.3) is 39.5 Å². The van der Waals surface area contributed by atoms with Gasteiger partial charge in [-0.3, -0.25) is 9.59 Å². The van der Waals surface area contributed by atoms with E-state index >= 15 is 0 Å². The summed E-state index contributed by atoms with van der Waals surface area (Å²) in [6.07, 6.45) is 2.52. The first-order chi connectivity index (χ1) is 16.0. The van der Waals surface area contributed by atoms with Crippen LogP contribution >= 0.6 is 0 Å². The maximum atomic E-state index is 13.0. The average Bonchev–Trinajstić information content (AvgIpc) is 3.45. The number of Topliss-reactive ketones (excluding diaryl/α,β-unsaturated/α-hetero) is 2. The van der Waals surface area contributed by atoms with E-state index in [1.165, 1.54) is 11.6 Å². The van der Waals surface area contributed by atoms with Crippen molar-refractivity contribution in [2.75, 3.05) is 0 Å². The molecule has 0 aliphatic heterocycles. The van der Waals surface area contributed by atoms with Crippen molar-refractivity contribution in [2.24, 2.45) is 7.05 Å². The summed E-state index contributed by atoms with van der Waals surface area (Å²) in [6.45, 7) is 2.12. The van der Waals surface area contributed by atoms with Crippen LogP contribution in [-0.4, -0.2) is 21.1 Å². The van der Waals surface area contributed by atoms with E-state index in [-0.39, 0.29) is 17.1 Å².